The maximum atomic E-state index is 12.4. The van der Waals surface area contributed by atoms with Crippen molar-refractivity contribution in [3.63, 3.8) is 0 Å². The van der Waals surface area contributed by atoms with Crippen LogP contribution in [0, 0.1) is 0 Å². The molecule has 0 saturated heterocycles. The summed E-state index contributed by atoms with van der Waals surface area (Å²) >= 11 is 0. The summed E-state index contributed by atoms with van der Waals surface area (Å²) in [7, 11) is 1.63. The number of benzene rings is 2. The second-order valence-corrected chi connectivity index (χ2v) is 5.84. The number of halogens is 1. The molecule has 3 aromatic rings. The molecule has 1 unspecified atom stereocenters. The van der Waals surface area contributed by atoms with Gasteiger partial charge >= 0.3 is 0 Å². The molecule has 138 valence electrons. The van der Waals surface area contributed by atoms with Crippen molar-refractivity contribution in [1.82, 2.24) is 9.55 Å². The predicted octanol–water partition coefficient (Wildman–Crippen LogP) is 3.52. The summed E-state index contributed by atoms with van der Waals surface area (Å²) < 4.78 is 7.12. The number of nitrogens with zero attached hydrogens (tertiary/aromatic N) is 2. The van der Waals surface area contributed by atoms with E-state index in [0.29, 0.717) is 12.4 Å². The number of aromatic nitrogens is 2. The molecule has 1 atom stereocenters. The highest BCUT2D eigenvalue weighted by Crippen LogP contribution is 2.26. The fourth-order valence-corrected chi connectivity index (χ4v) is 2.75. The smallest absolute Gasteiger partial charge is 0.243 e. The molecule has 0 aliphatic rings. The van der Waals surface area contributed by atoms with Crippen LogP contribution in [0.1, 0.15) is 19.8 Å². The van der Waals surface area contributed by atoms with Gasteiger partial charge in [0.2, 0.25) is 11.9 Å². The standard InChI is InChI=1S/C19H22N4O2.ClH/c1-3-6-15(20)18(24)22-19-21-16-7-4-5-8-17(16)23(19)13-9-11-14(25-2)12-10-13;/h4-5,7-12,15H,3,6,20H2,1-2H3,(H,21,22,24);1H. The van der Waals surface area contributed by atoms with Crippen molar-refractivity contribution in [1.29, 1.82) is 0 Å². The van der Waals surface area contributed by atoms with Crippen molar-refractivity contribution >= 4 is 35.3 Å². The second-order valence-electron chi connectivity index (χ2n) is 5.84. The normalized spacial score (nSPS) is 11.7. The average Bonchev–Trinajstić information content (AvgIpc) is 2.99. The second kappa shape index (κ2) is 8.69. The van der Waals surface area contributed by atoms with Gasteiger partial charge in [-0.3, -0.25) is 14.7 Å². The first-order valence-corrected chi connectivity index (χ1v) is 8.32. The highest BCUT2D eigenvalue weighted by molar-refractivity contribution is 5.95. The molecule has 3 rings (SSSR count). The number of para-hydroxylation sites is 2. The predicted molar refractivity (Wildman–Crippen MR) is 106 cm³/mol. The highest BCUT2D eigenvalue weighted by Gasteiger charge is 2.18. The number of nitrogens with two attached hydrogens (primary N) is 1. The van der Waals surface area contributed by atoms with Crippen LogP contribution < -0.4 is 15.8 Å². The fourth-order valence-electron chi connectivity index (χ4n) is 2.75. The number of ether oxygens (including phenoxy) is 1. The first-order valence-electron chi connectivity index (χ1n) is 8.32. The molecule has 1 amide bonds. The minimum absolute atomic E-state index is 0. The van der Waals surface area contributed by atoms with Crippen molar-refractivity contribution in [3.05, 3.63) is 48.5 Å². The quantitative estimate of drug-likeness (QED) is 0.691. The average molecular weight is 375 g/mol. The van der Waals surface area contributed by atoms with Gasteiger partial charge in [0.1, 0.15) is 5.75 Å². The molecule has 0 spiro atoms. The molecular formula is C19H23ClN4O2. The van der Waals surface area contributed by atoms with Crippen molar-refractivity contribution in [3.8, 4) is 11.4 Å². The molecular weight excluding hydrogens is 352 g/mol. The minimum atomic E-state index is -0.547. The molecule has 0 fully saturated rings. The molecule has 0 bridgehead atoms. The zero-order valence-corrected chi connectivity index (χ0v) is 15.6. The van der Waals surface area contributed by atoms with Crippen LogP contribution in [0.4, 0.5) is 5.95 Å². The van der Waals surface area contributed by atoms with Crippen LogP contribution in [-0.4, -0.2) is 28.6 Å². The number of carbonyl (C=O) groups is 1. The Hall–Kier alpha value is -2.57. The zero-order valence-electron chi connectivity index (χ0n) is 14.8. The number of nitrogens with one attached hydrogen (secondary N) is 1. The van der Waals surface area contributed by atoms with E-state index in [-0.39, 0.29) is 18.3 Å². The number of amides is 1. The van der Waals surface area contributed by atoms with Crippen LogP contribution in [0.2, 0.25) is 0 Å². The lowest BCUT2D eigenvalue weighted by molar-refractivity contribution is -0.117. The lowest BCUT2D eigenvalue weighted by Gasteiger charge is -2.13. The van der Waals surface area contributed by atoms with E-state index in [1.165, 1.54) is 0 Å². The Labute approximate surface area is 158 Å². The maximum absolute atomic E-state index is 12.4. The molecule has 0 radical (unpaired) electrons. The lowest BCUT2D eigenvalue weighted by atomic mass is 10.2. The molecule has 6 nitrogen and oxygen atoms in total. The van der Waals surface area contributed by atoms with Crippen molar-refractivity contribution in [2.45, 2.75) is 25.8 Å². The fraction of sp³-hybridized carbons (Fsp3) is 0.263. The summed E-state index contributed by atoms with van der Waals surface area (Å²) in [5, 5.41) is 2.87. The van der Waals surface area contributed by atoms with Crippen LogP contribution in [0.15, 0.2) is 48.5 Å². The monoisotopic (exact) mass is 374 g/mol. The molecule has 26 heavy (non-hydrogen) atoms. The van der Waals surface area contributed by atoms with Gasteiger partial charge in [0.25, 0.3) is 0 Å². The Balaban J connectivity index is 0.00000243. The summed E-state index contributed by atoms with van der Waals surface area (Å²) in [6.45, 7) is 2.00. The number of hydrogen-bond acceptors (Lipinski definition) is 4. The van der Waals surface area contributed by atoms with Gasteiger partial charge in [-0.25, -0.2) is 4.98 Å². The van der Waals surface area contributed by atoms with Crippen LogP contribution in [0.3, 0.4) is 0 Å². The van der Waals surface area contributed by atoms with Gasteiger partial charge in [-0.1, -0.05) is 25.5 Å². The molecule has 0 aliphatic carbocycles. The molecule has 7 heteroatoms. The number of hydrogen-bond donors (Lipinski definition) is 2. The maximum Gasteiger partial charge on any atom is 0.243 e. The minimum Gasteiger partial charge on any atom is -0.497 e. The van der Waals surface area contributed by atoms with E-state index in [9.17, 15) is 4.79 Å². The third kappa shape index (κ3) is 3.98. The molecule has 0 saturated carbocycles. The summed E-state index contributed by atoms with van der Waals surface area (Å²) in [5.74, 6) is 0.999. The van der Waals surface area contributed by atoms with E-state index in [1.54, 1.807) is 7.11 Å². The Bertz CT molecular complexity index is 877. The topological polar surface area (TPSA) is 82.2 Å². The van der Waals surface area contributed by atoms with Crippen molar-refractivity contribution in [2.24, 2.45) is 5.73 Å². The number of anilines is 1. The van der Waals surface area contributed by atoms with E-state index >= 15 is 0 Å². The number of fused-ring (bicyclic) bond motifs is 1. The van der Waals surface area contributed by atoms with E-state index in [1.807, 2.05) is 60.0 Å². The lowest BCUT2D eigenvalue weighted by Crippen LogP contribution is -2.36. The Morgan fingerprint density at radius 3 is 2.58 bits per heavy atom. The van der Waals surface area contributed by atoms with Crippen LogP contribution in [0.25, 0.3) is 16.7 Å². The summed E-state index contributed by atoms with van der Waals surface area (Å²) in [6, 6.07) is 14.8. The van der Waals surface area contributed by atoms with E-state index < -0.39 is 6.04 Å². The summed E-state index contributed by atoms with van der Waals surface area (Å²) in [5.41, 5.74) is 8.53. The molecule has 0 aliphatic heterocycles. The van der Waals surface area contributed by atoms with Gasteiger partial charge in [-0.05, 0) is 42.8 Å². The molecule has 2 aromatic carbocycles. The Morgan fingerprint density at radius 2 is 1.92 bits per heavy atom. The third-order valence-corrected chi connectivity index (χ3v) is 4.06. The van der Waals surface area contributed by atoms with Crippen molar-refractivity contribution < 1.29 is 9.53 Å². The number of carbonyl (C=O) groups excluding carboxylic acids is 1. The van der Waals surface area contributed by atoms with Gasteiger partial charge in [-0.15, -0.1) is 12.4 Å². The largest absolute Gasteiger partial charge is 0.497 e. The molecule has 1 aromatic heterocycles. The Kier molecular flexibility index (Phi) is 6.60. The van der Waals surface area contributed by atoms with Gasteiger partial charge in [-0.2, -0.15) is 0 Å². The Morgan fingerprint density at radius 1 is 1.23 bits per heavy atom. The van der Waals surface area contributed by atoms with Gasteiger partial charge in [0.05, 0.1) is 24.2 Å². The zero-order chi connectivity index (χ0) is 17.8. The van der Waals surface area contributed by atoms with Crippen molar-refractivity contribution in [2.75, 3.05) is 12.4 Å². The van der Waals surface area contributed by atoms with E-state index in [4.69, 9.17) is 10.5 Å². The first kappa shape index (κ1) is 19.8. The van der Waals surface area contributed by atoms with Gasteiger partial charge in [0.15, 0.2) is 0 Å². The number of imidazole rings is 1. The van der Waals surface area contributed by atoms with E-state index in [0.717, 1.165) is 28.9 Å². The summed E-state index contributed by atoms with van der Waals surface area (Å²) in [4.78, 5) is 16.9. The first-order chi connectivity index (χ1) is 12.1. The highest BCUT2D eigenvalue weighted by atomic mass is 35.5. The number of rotatable bonds is 6. The van der Waals surface area contributed by atoms with Crippen LogP contribution in [0.5, 0.6) is 5.75 Å². The number of methoxy groups -OCH3 is 1. The molecule has 1 heterocycles. The van der Waals surface area contributed by atoms with E-state index in [2.05, 4.69) is 10.3 Å². The third-order valence-electron chi connectivity index (χ3n) is 4.06. The molecule has 3 N–H and O–H groups in total. The van der Waals surface area contributed by atoms with Crippen LogP contribution in [-0.2, 0) is 4.79 Å². The van der Waals surface area contributed by atoms with Gasteiger partial charge in [0, 0.05) is 5.69 Å². The van der Waals surface area contributed by atoms with Gasteiger partial charge < -0.3 is 10.5 Å². The SMILES string of the molecule is CCCC(N)C(=O)Nc1nc2ccccc2n1-c1ccc(OC)cc1.Cl. The van der Waals surface area contributed by atoms with Crippen LogP contribution >= 0.6 is 12.4 Å². The summed E-state index contributed by atoms with van der Waals surface area (Å²) in [6.07, 6.45) is 1.48.